The number of hydrogen-bond donors (Lipinski definition) is 1. The van der Waals surface area contributed by atoms with Gasteiger partial charge in [0.25, 0.3) is 0 Å². The molecule has 2 heterocycles. The van der Waals surface area contributed by atoms with Crippen LogP contribution in [0.3, 0.4) is 0 Å². The molecule has 0 unspecified atom stereocenters. The topological polar surface area (TPSA) is 28.2 Å². The fourth-order valence-corrected chi connectivity index (χ4v) is 3.23. The second kappa shape index (κ2) is 8.10. The molecule has 0 saturated carbocycles. The van der Waals surface area contributed by atoms with E-state index in [1.807, 2.05) is 11.3 Å². The van der Waals surface area contributed by atoms with Crippen LogP contribution < -0.4 is 5.32 Å². The van der Waals surface area contributed by atoms with Gasteiger partial charge in [0.05, 0.1) is 12.2 Å². The molecule has 3 nitrogen and oxygen atoms in total. The number of rotatable bonds is 5. The number of nitrogens with one attached hydrogen (secondary N) is 1. The van der Waals surface area contributed by atoms with Gasteiger partial charge in [-0.15, -0.1) is 23.7 Å². The maximum Gasteiger partial charge on any atom is 0.107 e. The molecule has 2 rings (SSSR count). The van der Waals surface area contributed by atoms with Gasteiger partial charge in [0.2, 0.25) is 0 Å². The molecule has 1 aliphatic rings. The molecule has 0 atom stereocenters. The van der Waals surface area contributed by atoms with Crippen LogP contribution in [0, 0.1) is 0 Å². The quantitative estimate of drug-likeness (QED) is 0.903. The van der Waals surface area contributed by atoms with Crippen LogP contribution in [0.4, 0.5) is 0 Å². The van der Waals surface area contributed by atoms with E-state index in [1.54, 1.807) is 0 Å². The van der Waals surface area contributed by atoms with E-state index in [4.69, 9.17) is 4.98 Å². The molecule has 1 aromatic rings. The highest BCUT2D eigenvalue weighted by Crippen LogP contribution is 2.17. The normalized spacial score (nSPS) is 17.7. The van der Waals surface area contributed by atoms with Gasteiger partial charge in [-0.3, -0.25) is 4.90 Å². The molecule has 5 heteroatoms. The zero-order valence-corrected chi connectivity index (χ0v) is 12.9. The van der Waals surface area contributed by atoms with Crippen LogP contribution in [0.5, 0.6) is 0 Å². The molecule has 104 valence electrons. The highest BCUT2D eigenvalue weighted by atomic mass is 35.5. The minimum absolute atomic E-state index is 0. The van der Waals surface area contributed by atoms with Crippen molar-refractivity contribution in [3.8, 4) is 0 Å². The van der Waals surface area contributed by atoms with E-state index in [-0.39, 0.29) is 12.4 Å². The van der Waals surface area contributed by atoms with E-state index >= 15 is 0 Å². The molecule has 0 radical (unpaired) electrons. The standard InChI is InChI=1S/C13H23N3S.ClH/c1-3-4-12-10-17-13(15-12)9-16-7-5-11(14-2)6-8-16;/h10-11,14H,3-9H2,1-2H3;1H. The average Bonchev–Trinajstić information content (AvgIpc) is 2.78. The molecule has 0 aliphatic carbocycles. The third-order valence-corrected chi connectivity index (χ3v) is 4.34. The number of hydrogen-bond acceptors (Lipinski definition) is 4. The molecule has 1 N–H and O–H groups in total. The highest BCUT2D eigenvalue weighted by molar-refractivity contribution is 7.09. The summed E-state index contributed by atoms with van der Waals surface area (Å²) in [5.41, 5.74) is 1.28. The third-order valence-electron chi connectivity index (χ3n) is 3.46. The summed E-state index contributed by atoms with van der Waals surface area (Å²) in [6, 6.07) is 0.721. The number of thiazole rings is 1. The van der Waals surface area contributed by atoms with Crippen LogP contribution in [0.15, 0.2) is 5.38 Å². The lowest BCUT2D eigenvalue weighted by Crippen LogP contribution is -2.40. The summed E-state index contributed by atoms with van der Waals surface area (Å²) >= 11 is 1.82. The van der Waals surface area contributed by atoms with E-state index in [0.29, 0.717) is 0 Å². The second-order valence-electron chi connectivity index (χ2n) is 4.82. The Hall–Kier alpha value is -0.160. The summed E-state index contributed by atoms with van der Waals surface area (Å²) in [6.07, 6.45) is 4.85. The summed E-state index contributed by atoms with van der Waals surface area (Å²) in [4.78, 5) is 7.22. The fraction of sp³-hybridized carbons (Fsp3) is 0.769. The van der Waals surface area contributed by atoms with Crippen molar-refractivity contribution in [2.75, 3.05) is 20.1 Å². The van der Waals surface area contributed by atoms with Gasteiger partial charge in [-0.05, 0) is 26.3 Å². The summed E-state index contributed by atoms with van der Waals surface area (Å²) < 4.78 is 0. The van der Waals surface area contributed by atoms with E-state index in [1.165, 1.54) is 43.1 Å². The molecule has 0 amide bonds. The Morgan fingerprint density at radius 3 is 2.78 bits per heavy atom. The Balaban J connectivity index is 0.00000162. The Bertz CT molecular complexity index is 335. The predicted octanol–water partition coefficient (Wildman–Crippen LogP) is 2.70. The first kappa shape index (κ1) is 15.9. The minimum atomic E-state index is 0. The Morgan fingerprint density at radius 2 is 2.17 bits per heavy atom. The van der Waals surface area contributed by atoms with Crippen molar-refractivity contribution < 1.29 is 0 Å². The summed E-state index contributed by atoms with van der Waals surface area (Å²) in [7, 11) is 2.07. The number of halogens is 1. The number of aryl methyl sites for hydroxylation is 1. The van der Waals surface area contributed by atoms with Gasteiger partial charge in [0, 0.05) is 24.5 Å². The van der Waals surface area contributed by atoms with Crippen molar-refractivity contribution in [3.63, 3.8) is 0 Å². The van der Waals surface area contributed by atoms with Crippen molar-refractivity contribution in [2.45, 2.75) is 45.2 Å². The molecular formula is C13H24ClN3S. The van der Waals surface area contributed by atoms with Gasteiger partial charge >= 0.3 is 0 Å². The van der Waals surface area contributed by atoms with Gasteiger partial charge in [-0.2, -0.15) is 0 Å². The molecule has 0 bridgehead atoms. The van der Waals surface area contributed by atoms with Gasteiger partial charge in [-0.1, -0.05) is 13.3 Å². The maximum absolute atomic E-state index is 4.69. The van der Waals surface area contributed by atoms with E-state index in [0.717, 1.165) is 19.0 Å². The van der Waals surface area contributed by atoms with E-state index < -0.39 is 0 Å². The van der Waals surface area contributed by atoms with Crippen molar-refractivity contribution in [2.24, 2.45) is 0 Å². The van der Waals surface area contributed by atoms with Crippen LogP contribution in [0.2, 0.25) is 0 Å². The lowest BCUT2D eigenvalue weighted by Gasteiger charge is -2.31. The van der Waals surface area contributed by atoms with Gasteiger partial charge in [0.15, 0.2) is 0 Å². The fourth-order valence-electron chi connectivity index (χ4n) is 2.36. The van der Waals surface area contributed by atoms with Crippen LogP contribution >= 0.6 is 23.7 Å². The molecule has 0 spiro atoms. The van der Waals surface area contributed by atoms with Gasteiger partial charge < -0.3 is 5.32 Å². The van der Waals surface area contributed by atoms with Crippen molar-refractivity contribution in [1.82, 2.24) is 15.2 Å². The summed E-state index contributed by atoms with van der Waals surface area (Å²) in [5, 5.41) is 6.88. The van der Waals surface area contributed by atoms with Crippen LogP contribution in [0.25, 0.3) is 0 Å². The number of piperidine rings is 1. The number of aromatic nitrogens is 1. The molecular weight excluding hydrogens is 266 g/mol. The predicted molar refractivity (Wildman–Crippen MR) is 80.7 cm³/mol. The SMILES string of the molecule is CCCc1csc(CN2CCC(NC)CC2)n1.Cl. The Kier molecular flexibility index (Phi) is 7.15. The van der Waals surface area contributed by atoms with E-state index in [9.17, 15) is 0 Å². The molecule has 1 aliphatic heterocycles. The number of likely N-dealkylation sites (tertiary alicyclic amines) is 1. The third kappa shape index (κ3) is 4.50. The molecule has 1 aromatic heterocycles. The van der Waals surface area contributed by atoms with Gasteiger partial charge in [0.1, 0.15) is 5.01 Å². The highest BCUT2D eigenvalue weighted by Gasteiger charge is 2.18. The largest absolute Gasteiger partial charge is 0.317 e. The minimum Gasteiger partial charge on any atom is -0.317 e. The zero-order valence-electron chi connectivity index (χ0n) is 11.3. The smallest absolute Gasteiger partial charge is 0.107 e. The zero-order chi connectivity index (χ0) is 12.1. The lowest BCUT2D eigenvalue weighted by atomic mass is 10.1. The first-order valence-electron chi connectivity index (χ1n) is 6.64. The summed E-state index contributed by atoms with van der Waals surface area (Å²) in [5.74, 6) is 0. The van der Waals surface area contributed by atoms with Crippen molar-refractivity contribution in [3.05, 3.63) is 16.1 Å². The maximum atomic E-state index is 4.69. The average molecular weight is 290 g/mol. The van der Waals surface area contributed by atoms with Crippen LogP contribution in [-0.4, -0.2) is 36.1 Å². The molecule has 18 heavy (non-hydrogen) atoms. The first-order valence-corrected chi connectivity index (χ1v) is 7.52. The van der Waals surface area contributed by atoms with Crippen molar-refractivity contribution in [1.29, 1.82) is 0 Å². The van der Waals surface area contributed by atoms with E-state index in [2.05, 4.69) is 29.6 Å². The second-order valence-corrected chi connectivity index (χ2v) is 5.76. The molecule has 0 aromatic carbocycles. The Morgan fingerprint density at radius 1 is 1.44 bits per heavy atom. The lowest BCUT2D eigenvalue weighted by molar-refractivity contribution is 0.194. The summed E-state index contributed by atoms with van der Waals surface area (Å²) in [6.45, 7) is 5.66. The Labute approximate surface area is 120 Å². The molecule has 1 fully saturated rings. The first-order chi connectivity index (χ1) is 8.31. The number of nitrogens with zero attached hydrogens (tertiary/aromatic N) is 2. The van der Waals surface area contributed by atoms with Crippen LogP contribution in [0.1, 0.15) is 36.9 Å². The van der Waals surface area contributed by atoms with Crippen LogP contribution in [-0.2, 0) is 13.0 Å². The molecule has 1 saturated heterocycles. The van der Waals surface area contributed by atoms with Gasteiger partial charge in [-0.25, -0.2) is 4.98 Å². The van der Waals surface area contributed by atoms with Crippen molar-refractivity contribution >= 4 is 23.7 Å². The monoisotopic (exact) mass is 289 g/mol.